The molecular formula is C14H15ClF3N5O3S. The second-order valence-electron chi connectivity index (χ2n) is 5.81. The van der Waals surface area contributed by atoms with Crippen LogP contribution in [-0.2, 0) is 16.3 Å². The molecule has 0 aliphatic rings. The van der Waals surface area contributed by atoms with Crippen LogP contribution >= 0.6 is 11.6 Å². The lowest BCUT2D eigenvalue weighted by Crippen LogP contribution is -2.15. The van der Waals surface area contributed by atoms with E-state index >= 15 is 0 Å². The lowest BCUT2D eigenvalue weighted by atomic mass is 10.3. The fourth-order valence-corrected chi connectivity index (χ4v) is 2.33. The fourth-order valence-electron chi connectivity index (χ4n) is 2.16. The zero-order valence-corrected chi connectivity index (χ0v) is 15.9. The monoisotopic (exact) mass is 425 g/mol. The Bertz CT molecular complexity index is 1070. The summed E-state index contributed by atoms with van der Waals surface area (Å²) < 4.78 is 66.3. The van der Waals surface area contributed by atoms with Gasteiger partial charge in [0.2, 0.25) is 11.5 Å². The number of alkyl halides is 3. The molecule has 0 fully saturated rings. The van der Waals surface area contributed by atoms with E-state index in [9.17, 15) is 21.6 Å². The number of anilines is 1. The zero-order chi connectivity index (χ0) is 20.6. The summed E-state index contributed by atoms with van der Waals surface area (Å²) in [6, 6.07) is 4.52. The van der Waals surface area contributed by atoms with Gasteiger partial charge >= 0.3 is 6.18 Å². The van der Waals surface area contributed by atoms with Gasteiger partial charge in [0.05, 0.1) is 17.3 Å². The van der Waals surface area contributed by atoms with Crippen molar-refractivity contribution in [3.63, 3.8) is 0 Å². The van der Waals surface area contributed by atoms with Crippen molar-refractivity contribution in [1.82, 2.24) is 19.6 Å². The van der Waals surface area contributed by atoms with Gasteiger partial charge in [-0.25, -0.2) is 4.98 Å². The first-order valence-electron chi connectivity index (χ1n) is 7.38. The Morgan fingerprint density at radius 2 is 1.85 bits per heavy atom. The van der Waals surface area contributed by atoms with E-state index in [0.29, 0.717) is 16.8 Å². The Hall–Kier alpha value is -2.18. The lowest BCUT2D eigenvalue weighted by molar-refractivity contribution is -0.145. The minimum Gasteiger partial charge on any atom is -0.365 e. The first kappa shape index (κ1) is 21.1. The third-order valence-electron chi connectivity index (χ3n) is 2.96. The van der Waals surface area contributed by atoms with Gasteiger partial charge in [-0.05, 0) is 32.0 Å². The third kappa shape index (κ3) is 5.40. The number of rotatable bonds is 2. The molecule has 2 N–H and O–H groups in total. The van der Waals surface area contributed by atoms with Gasteiger partial charge in [-0.3, -0.25) is 8.95 Å². The van der Waals surface area contributed by atoms with Gasteiger partial charge in [0.25, 0.3) is 10.1 Å². The molecule has 0 atom stereocenters. The third-order valence-corrected chi connectivity index (χ3v) is 3.20. The maximum absolute atomic E-state index is 13.2. The molecule has 0 amide bonds. The summed E-state index contributed by atoms with van der Waals surface area (Å²) in [4.78, 5) is 4.32. The largest absolute Gasteiger partial charge is 0.452 e. The van der Waals surface area contributed by atoms with E-state index in [4.69, 9.17) is 16.2 Å². The minimum absolute atomic E-state index is 0.00999. The molecule has 0 bridgehead atoms. The van der Waals surface area contributed by atoms with Crippen molar-refractivity contribution in [2.75, 3.05) is 11.6 Å². The second-order valence-corrected chi connectivity index (χ2v) is 7.71. The van der Waals surface area contributed by atoms with E-state index in [1.165, 1.54) is 6.07 Å². The van der Waals surface area contributed by atoms with Crippen molar-refractivity contribution in [2.24, 2.45) is 0 Å². The smallest absolute Gasteiger partial charge is 0.365 e. The van der Waals surface area contributed by atoms with Gasteiger partial charge in [0.15, 0.2) is 5.82 Å². The molecule has 3 aromatic rings. The summed E-state index contributed by atoms with van der Waals surface area (Å²) in [6.45, 7) is 3.70. The predicted octanol–water partition coefficient (Wildman–Crippen LogP) is 3.27. The topological polar surface area (TPSA) is 109 Å². The van der Waals surface area contributed by atoms with E-state index in [1.807, 2.05) is 13.8 Å². The number of benzene rings is 1. The van der Waals surface area contributed by atoms with Crippen molar-refractivity contribution in [2.45, 2.75) is 26.1 Å². The number of fused-ring (bicyclic) bond motifs is 3. The fraction of sp³-hybridized carbons (Fsp3) is 0.357. The lowest BCUT2D eigenvalue weighted by Gasteiger charge is -2.13. The van der Waals surface area contributed by atoms with Gasteiger partial charge in [0.1, 0.15) is 0 Å². The Morgan fingerprint density at radius 1 is 1.26 bits per heavy atom. The normalized spacial score (nSPS) is 12.3. The van der Waals surface area contributed by atoms with Crippen molar-refractivity contribution < 1.29 is 26.1 Å². The maximum Gasteiger partial charge on any atom is 0.452 e. The van der Waals surface area contributed by atoms with Crippen molar-refractivity contribution >= 4 is 44.2 Å². The molecule has 2 heterocycles. The van der Waals surface area contributed by atoms with Crippen LogP contribution in [0.3, 0.4) is 0 Å². The molecule has 1 aromatic carbocycles. The Labute approximate surface area is 157 Å². The van der Waals surface area contributed by atoms with Crippen LogP contribution in [0.15, 0.2) is 18.2 Å². The maximum atomic E-state index is 13.2. The Morgan fingerprint density at radius 3 is 2.37 bits per heavy atom. The Balaban J connectivity index is 0.000000465. The molecule has 0 saturated carbocycles. The van der Waals surface area contributed by atoms with Crippen molar-refractivity contribution in [1.29, 1.82) is 0 Å². The first-order chi connectivity index (χ1) is 12.3. The Kier molecular flexibility index (Phi) is 5.82. The standard InChI is InChI=1S/C13H11ClF3N5.CH4O3S/c1-6(2)18-10-11-20-21-12(13(15,16)17)22(11)9-5-7(14)3-4-8(9)19-10;1-5(2,3)4/h3-6H,1-2H3,(H,18,19);1H3,(H,2,3,4). The summed E-state index contributed by atoms with van der Waals surface area (Å²) >= 11 is 5.90. The average Bonchev–Trinajstić information content (AvgIpc) is 2.91. The predicted molar refractivity (Wildman–Crippen MR) is 94.5 cm³/mol. The van der Waals surface area contributed by atoms with E-state index in [2.05, 4.69) is 20.5 Å². The number of hydrogen-bond acceptors (Lipinski definition) is 6. The van der Waals surface area contributed by atoms with Crippen LogP contribution in [-0.4, -0.2) is 44.9 Å². The molecular weight excluding hydrogens is 411 g/mol. The molecule has 2 aromatic heterocycles. The van der Waals surface area contributed by atoms with Crippen LogP contribution < -0.4 is 5.32 Å². The van der Waals surface area contributed by atoms with Gasteiger partial charge in [-0.1, -0.05) is 11.6 Å². The summed E-state index contributed by atoms with van der Waals surface area (Å²) in [5, 5.41) is 10.2. The molecule has 0 saturated heterocycles. The average molecular weight is 426 g/mol. The highest BCUT2D eigenvalue weighted by Gasteiger charge is 2.38. The molecule has 0 unspecified atom stereocenters. The zero-order valence-electron chi connectivity index (χ0n) is 14.3. The summed E-state index contributed by atoms with van der Waals surface area (Å²) in [5.74, 6) is -0.864. The number of nitrogens with one attached hydrogen (secondary N) is 1. The molecule has 27 heavy (non-hydrogen) atoms. The quantitative estimate of drug-likeness (QED) is 0.606. The van der Waals surface area contributed by atoms with E-state index in [0.717, 1.165) is 4.40 Å². The van der Waals surface area contributed by atoms with E-state index < -0.39 is 22.1 Å². The van der Waals surface area contributed by atoms with Crippen LogP contribution in [0.25, 0.3) is 16.7 Å². The van der Waals surface area contributed by atoms with Crippen LogP contribution in [0.2, 0.25) is 5.02 Å². The summed E-state index contributed by atoms with van der Waals surface area (Å²) in [7, 11) is -3.67. The molecule has 0 aliphatic carbocycles. The molecule has 8 nitrogen and oxygen atoms in total. The number of hydrogen-bond donors (Lipinski definition) is 2. The van der Waals surface area contributed by atoms with Gasteiger partial charge in [0, 0.05) is 11.1 Å². The van der Waals surface area contributed by atoms with Gasteiger partial charge in [-0.15, -0.1) is 10.2 Å². The first-order valence-corrected chi connectivity index (χ1v) is 9.60. The van der Waals surface area contributed by atoms with E-state index in [1.54, 1.807) is 12.1 Å². The van der Waals surface area contributed by atoms with Crippen LogP contribution in [0.4, 0.5) is 19.0 Å². The highest BCUT2D eigenvalue weighted by atomic mass is 35.5. The van der Waals surface area contributed by atoms with Crippen LogP contribution in [0.1, 0.15) is 19.7 Å². The number of aromatic nitrogens is 4. The highest BCUT2D eigenvalue weighted by molar-refractivity contribution is 7.85. The SMILES string of the molecule is CC(C)Nc1nc2ccc(Cl)cc2n2c(C(F)(F)F)nnc12.CS(=O)(=O)O. The molecule has 148 valence electrons. The second kappa shape index (κ2) is 7.44. The number of halogens is 4. The molecule has 0 radical (unpaired) electrons. The van der Waals surface area contributed by atoms with Crippen molar-refractivity contribution in [3.8, 4) is 0 Å². The molecule has 3 rings (SSSR count). The van der Waals surface area contributed by atoms with Crippen LogP contribution in [0.5, 0.6) is 0 Å². The van der Waals surface area contributed by atoms with E-state index in [-0.39, 0.29) is 23.0 Å². The van der Waals surface area contributed by atoms with Crippen molar-refractivity contribution in [3.05, 3.63) is 29.0 Å². The molecule has 0 aliphatic heterocycles. The highest BCUT2D eigenvalue weighted by Crippen LogP contribution is 2.32. The summed E-state index contributed by atoms with van der Waals surface area (Å²) in [5.41, 5.74) is 0.579. The minimum atomic E-state index is -4.63. The number of nitrogens with zero attached hydrogens (tertiary/aromatic N) is 4. The molecule has 0 spiro atoms. The van der Waals surface area contributed by atoms with Gasteiger partial charge < -0.3 is 5.32 Å². The molecule has 13 heteroatoms. The summed E-state index contributed by atoms with van der Waals surface area (Å²) in [6.07, 6.45) is -3.92. The van der Waals surface area contributed by atoms with Crippen LogP contribution in [0, 0.1) is 0 Å². The van der Waals surface area contributed by atoms with Gasteiger partial charge in [-0.2, -0.15) is 21.6 Å².